The number of hydrogen-bond acceptors (Lipinski definition) is 4. The normalized spacial score (nSPS) is 33.7. The number of nitrogens with one attached hydrogen (secondary N) is 1. The highest BCUT2D eigenvalue weighted by atomic mass is 16.5. The van der Waals surface area contributed by atoms with Crippen LogP contribution in [-0.2, 0) is 14.3 Å². The number of unbranched alkanes of at least 4 members (excludes halogenated alkanes) is 1. The summed E-state index contributed by atoms with van der Waals surface area (Å²) in [5.41, 5.74) is 5.20. The van der Waals surface area contributed by atoms with E-state index in [2.05, 4.69) is 5.32 Å². The molecule has 6 nitrogen and oxygen atoms in total. The molecule has 0 radical (unpaired) electrons. The van der Waals surface area contributed by atoms with Gasteiger partial charge in [-0.05, 0) is 25.7 Å². The van der Waals surface area contributed by atoms with Crippen molar-refractivity contribution in [3.05, 3.63) is 0 Å². The largest absolute Gasteiger partial charge is 0.481 e. The van der Waals surface area contributed by atoms with Crippen LogP contribution < -0.4 is 11.1 Å². The van der Waals surface area contributed by atoms with Gasteiger partial charge in [0, 0.05) is 30.9 Å². The predicted octanol–water partition coefficient (Wildman–Crippen LogP) is 0.890. The second-order valence-corrected chi connectivity index (χ2v) is 6.74. The van der Waals surface area contributed by atoms with Gasteiger partial charge in [0.05, 0.1) is 6.10 Å². The lowest BCUT2D eigenvalue weighted by Gasteiger charge is -2.65. The Bertz CT molecular complexity index is 424. The summed E-state index contributed by atoms with van der Waals surface area (Å²) in [6.07, 6.45) is 3.28. The number of hydrogen-bond donors (Lipinski definition) is 3. The zero-order valence-corrected chi connectivity index (χ0v) is 12.9. The molecule has 3 atom stereocenters. The van der Waals surface area contributed by atoms with Gasteiger partial charge in [-0.3, -0.25) is 9.59 Å². The molecule has 0 aromatic heterocycles. The standard InChI is InChI=1S/C15H26N2O4/c1-14(2)12-10(6-5-9-21-12)15(14,16)13(20)17-8-4-3-7-11(18)19/h10,12H,3-9,16H2,1-2H3,(H,17,20)(H,18,19). The Morgan fingerprint density at radius 2 is 2.10 bits per heavy atom. The number of aliphatic carboxylic acids is 1. The van der Waals surface area contributed by atoms with Crippen LogP contribution in [0.1, 0.15) is 46.0 Å². The van der Waals surface area contributed by atoms with Crippen molar-refractivity contribution in [2.75, 3.05) is 13.2 Å². The summed E-state index contributed by atoms with van der Waals surface area (Å²) < 4.78 is 5.78. The lowest BCUT2D eigenvalue weighted by molar-refractivity contribution is -0.225. The van der Waals surface area contributed by atoms with E-state index in [9.17, 15) is 9.59 Å². The fourth-order valence-electron chi connectivity index (χ4n) is 3.79. The quantitative estimate of drug-likeness (QED) is 0.632. The molecule has 4 N–H and O–H groups in total. The van der Waals surface area contributed by atoms with Crippen LogP contribution in [0.4, 0.5) is 0 Å². The summed E-state index contributed by atoms with van der Waals surface area (Å²) in [5, 5.41) is 11.5. The first-order valence-electron chi connectivity index (χ1n) is 7.72. The topological polar surface area (TPSA) is 102 Å². The molecular formula is C15H26N2O4. The first kappa shape index (κ1) is 16.2. The molecule has 1 heterocycles. The van der Waals surface area contributed by atoms with E-state index >= 15 is 0 Å². The second-order valence-electron chi connectivity index (χ2n) is 6.74. The van der Waals surface area contributed by atoms with Crippen LogP contribution in [0, 0.1) is 11.3 Å². The molecule has 1 aliphatic carbocycles. The van der Waals surface area contributed by atoms with Gasteiger partial charge in [0.15, 0.2) is 0 Å². The molecule has 1 saturated heterocycles. The number of nitrogens with two attached hydrogens (primary N) is 1. The van der Waals surface area contributed by atoms with Crippen LogP contribution in [0.3, 0.4) is 0 Å². The molecule has 3 unspecified atom stereocenters. The van der Waals surface area contributed by atoms with Crippen molar-refractivity contribution in [2.24, 2.45) is 17.1 Å². The van der Waals surface area contributed by atoms with Gasteiger partial charge in [0.25, 0.3) is 0 Å². The van der Waals surface area contributed by atoms with E-state index in [1.165, 1.54) is 0 Å². The van der Waals surface area contributed by atoms with E-state index in [-0.39, 0.29) is 29.8 Å². The Hall–Kier alpha value is -1.14. The number of carboxylic acids is 1. The molecule has 6 heteroatoms. The van der Waals surface area contributed by atoms with E-state index in [0.29, 0.717) is 19.4 Å². The number of ether oxygens (including phenoxy) is 1. The average molecular weight is 298 g/mol. The third-order valence-corrected chi connectivity index (χ3v) is 5.16. The molecule has 1 aliphatic heterocycles. The monoisotopic (exact) mass is 298 g/mol. The van der Waals surface area contributed by atoms with Gasteiger partial charge in [0.1, 0.15) is 5.54 Å². The van der Waals surface area contributed by atoms with Crippen LogP contribution in [0.25, 0.3) is 0 Å². The third kappa shape index (κ3) is 2.66. The maximum absolute atomic E-state index is 12.5. The molecule has 1 saturated carbocycles. The summed E-state index contributed by atoms with van der Waals surface area (Å²) >= 11 is 0. The molecule has 0 aromatic rings. The van der Waals surface area contributed by atoms with Crippen LogP contribution in [0.2, 0.25) is 0 Å². The summed E-state index contributed by atoms with van der Waals surface area (Å²) in [7, 11) is 0. The molecule has 1 amide bonds. The number of carbonyl (C=O) groups excluding carboxylic acids is 1. The fourth-order valence-corrected chi connectivity index (χ4v) is 3.79. The lowest BCUT2D eigenvalue weighted by atomic mass is 9.46. The Kier molecular flexibility index (Phi) is 4.58. The Morgan fingerprint density at radius 1 is 1.38 bits per heavy atom. The first-order valence-corrected chi connectivity index (χ1v) is 7.72. The average Bonchev–Trinajstić information content (AvgIpc) is 2.45. The maximum Gasteiger partial charge on any atom is 0.303 e. The minimum atomic E-state index is -0.884. The summed E-state index contributed by atoms with van der Waals surface area (Å²) in [6.45, 7) is 5.20. The maximum atomic E-state index is 12.5. The Morgan fingerprint density at radius 3 is 2.76 bits per heavy atom. The smallest absolute Gasteiger partial charge is 0.303 e. The molecule has 2 rings (SSSR count). The minimum Gasteiger partial charge on any atom is -0.481 e. The van der Waals surface area contributed by atoms with E-state index in [4.69, 9.17) is 15.6 Å². The van der Waals surface area contributed by atoms with Crippen molar-refractivity contribution >= 4 is 11.9 Å². The number of amides is 1. The predicted molar refractivity (Wildman–Crippen MR) is 77.7 cm³/mol. The van der Waals surface area contributed by atoms with Crippen LogP contribution >= 0.6 is 0 Å². The molecule has 21 heavy (non-hydrogen) atoms. The molecule has 2 aliphatic rings. The van der Waals surface area contributed by atoms with Gasteiger partial charge in [-0.25, -0.2) is 0 Å². The zero-order valence-electron chi connectivity index (χ0n) is 12.9. The molecule has 0 spiro atoms. The Balaban J connectivity index is 1.87. The molecule has 2 fully saturated rings. The van der Waals surface area contributed by atoms with Crippen LogP contribution in [0.5, 0.6) is 0 Å². The van der Waals surface area contributed by atoms with Gasteiger partial charge in [-0.1, -0.05) is 13.8 Å². The van der Waals surface area contributed by atoms with Crippen LogP contribution in [-0.4, -0.2) is 41.8 Å². The summed E-state index contributed by atoms with van der Waals surface area (Å²) in [5.74, 6) is -0.853. The molecule has 0 aromatic carbocycles. The Labute approximate surface area is 125 Å². The number of carboxylic acid groups (broad SMARTS) is 1. The SMILES string of the molecule is CC1(C)C2OCCCC2C1(N)C(=O)NCCCCC(=O)O. The summed E-state index contributed by atoms with van der Waals surface area (Å²) in [6, 6.07) is 0. The molecule has 0 bridgehead atoms. The number of rotatable bonds is 6. The summed E-state index contributed by atoms with van der Waals surface area (Å²) in [4.78, 5) is 22.9. The third-order valence-electron chi connectivity index (χ3n) is 5.16. The van der Waals surface area contributed by atoms with E-state index in [1.54, 1.807) is 0 Å². The van der Waals surface area contributed by atoms with E-state index in [0.717, 1.165) is 19.4 Å². The van der Waals surface area contributed by atoms with Gasteiger partial charge in [-0.15, -0.1) is 0 Å². The molecular weight excluding hydrogens is 272 g/mol. The van der Waals surface area contributed by atoms with Gasteiger partial charge in [-0.2, -0.15) is 0 Å². The van der Waals surface area contributed by atoms with E-state index in [1.807, 2.05) is 13.8 Å². The lowest BCUT2D eigenvalue weighted by Crippen LogP contribution is -2.82. The van der Waals surface area contributed by atoms with Gasteiger partial charge in [0.2, 0.25) is 5.91 Å². The van der Waals surface area contributed by atoms with Crippen molar-refractivity contribution in [3.8, 4) is 0 Å². The zero-order chi connectivity index (χ0) is 15.7. The van der Waals surface area contributed by atoms with Crippen LogP contribution in [0.15, 0.2) is 0 Å². The first-order chi connectivity index (χ1) is 9.81. The van der Waals surface area contributed by atoms with Crippen molar-refractivity contribution in [2.45, 2.75) is 57.6 Å². The number of fused-ring (bicyclic) bond motifs is 1. The second kappa shape index (κ2) is 5.93. The fraction of sp³-hybridized carbons (Fsp3) is 0.867. The van der Waals surface area contributed by atoms with Gasteiger partial charge >= 0.3 is 5.97 Å². The number of carbonyl (C=O) groups is 2. The minimum absolute atomic E-state index is 0.0639. The highest BCUT2D eigenvalue weighted by Crippen LogP contribution is 2.57. The van der Waals surface area contributed by atoms with E-state index < -0.39 is 11.5 Å². The highest BCUT2D eigenvalue weighted by Gasteiger charge is 2.70. The van der Waals surface area contributed by atoms with Gasteiger partial charge < -0.3 is 20.9 Å². The van der Waals surface area contributed by atoms with Crippen molar-refractivity contribution in [1.82, 2.24) is 5.32 Å². The van der Waals surface area contributed by atoms with Crippen molar-refractivity contribution in [3.63, 3.8) is 0 Å². The van der Waals surface area contributed by atoms with Crippen molar-refractivity contribution < 1.29 is 19.4 Å². The molecule has 120 valence electrons. The van der Waals surface area contributed by atoms with Crippen molar-refractivity contribution in [1.29, 1.82) is 0 Å². The highest BCUT2D eigenvalue weighted by molar-refractivity contribution is 5.89.